The van der Waals surface area contributed by atoms with E-state index >= 15 is 0 Å². The van der Waals surface area contributed by atoms with Gasteiger partial charge in [0.2, 0.25) is 5.89 Å². The summed E-state index contributed by atoms with van der Waals surface area (Å²) in [6.45, 7) is 7.27. The second kappa shape index (κ2) is 7.21. The first kappa shape index (κ1) is 15.5. The summed E-state index contributed by atoms with van der Waals surface area (Å²) in [5, 5.41) is 4.24. The molecule has 0 spiro atoms. The summed E-state index contributed by atoms with van der Waals surface area (Å²) in [5.41, 5.74) is 5.86. The molecule has 20 heavy (non-hydrogen) atoms. The Kier molecular flexibility index (Phi) is 5.58. The van der Waals surface area contributed by atoms with Crippen LogP contribution in [0.2, 0.25) is 0 Å². The summed E-state index contributed by atoms with van der Waals surface area (Å²) in [6.07, 6.45) is 7.34. The lowest BCUT2D eigenvalue weighted by atomic mass is 9.80. The molecule has 2 N–H and O–H groups in total. The summed E-state index contributed by atoms with van der Waals surface area (Å²) < 4.78 is 5.50. The zero-order valence-corrected chi connectivity index (χ0v) is 13.1. The van der Waals surface area contributed by atoms with Crippen molar-refractivity contribution in [3.05, 3.63) is 11.7 Å². The van der Waals surface area contributed by atoms with E-state index in [2.05, 4.69) is 30.9 Å². The lowest BCUT2D eigenvalue weighted by Crippen LogP contribution is -2.16. The number of hydrogen-bond donors (Lipinski definition) is 1. The normalized spacial score (nSPS) is 25.1. The third-order valence-electron chi connectivity index (χ3n) is 4.57. The molecule has 0 aliphatic heterocycles. The van der Waals surface area contributed by atoms with Crippen LogP contribution >= 0.6 is 0 Å². The standard InChI is InChI=1S/C16H29N3O/c1-4-12-6-5-7-13(9-12)15-18-16(20-19-15)14(10-17)8-11(2)3/h11-14H,4-10,17H2,1-3H3. The molecule has 114 valence electrons. The number of hydrogen-bond acceptors (Lipinski definition) is 4. The first-order chi connectivity index (χ1) is 9.63. The first-order valence-corrected chi connectivity index (χ1v) is 8.17. The Morgan fingerprint density at radius 3 is 2.80 bits per heavy atom. The summed E-state index contributed by atoms with van der Waals surface area (Å²) in [4.78, 5) is 4.67. The lowest BCUT2D eigenvalue weighted by Gasteiger charge is -2.26. The van der Waals surface area contributed by atoms with Crippen molar-refractivity contribution in [2.45, 2.75) is 71.1 Å². The van der Waals surface area contributed by atoms with Gasteiger partial charge >= 0.3 is 0 Å². The zero-order chi connectivity index (χ0) is 14.5. The van der Waals surface area contributed by atoms with Crippen LogP contribution in [0.5, 0.6) is 0 Å². The molecule has 3 unspecified atom stereocenters. The van der Waals surface area contributed by atoms with E-state index < -0.39 is 0 Å². The predicted molar refractivity (Wildman–Crippen MR) is 80.5 cm³/mol. The van der Waals surface area contributed by atoms with Gasteiger partial charge in [0.15, 0.2) is 5.82 Å². The van der Waals surface area contributed by atoms with Gasteiger partial charge < -0.3 is 10.3 Å². The maximum absolute atomic E-state index is 5.86. The second-order valence-corrected chi connectivity index (χ2v) is 6.69. The largest absolute Gasteiger partial charge is 0.339 e. The monoisotopic (exact) mass is 279 g/mol. The van der Waals surface area contributed by atoms with E-state index in [-0.39, 0.29) is 5.92 Å². The van der Waals surface area contributed by atoms with Crippen molar-refractivity contribution in [1.82, 2.24) is 10.1 Å². The second-order valence-electron chi connectivity index (χ2n) is 6.69. The zero-order valence-electron chi connectivity index (χ0n) is 13.1. The fourth-order valence-electron chi connectivity index (χ4n) is 3.34. The Hall–Kier alpha value is -0.900. The van der Waals surface area contributed by atoms with E-state index in [0.29, 0.717) is 18.4 Å². The molecule has 1 aliphatic carbocycles. The summed E-state index contributed by atoms with van der Waals surface area (Å²) in [5.74, 6) is 3.79. The third kappa shape index (κ3) is 3.81. The Morgan fingerprint density at radius 2 is 2.15 bits per heavy atom. The van der Waals surface area contributed by atoms with Gasteiger partial charge in [-0.05, 0) is 31.1 Å². The highest BCUT2D eigenvalue weighted by Gasteiger charge is 2.27. The van der Waals surface area contributed by atoms with E-state index in [1.807, 2.05) is 0 Å². The van der Waals surface area contributed by atoms with Crippen molar-refractivity contribution in [1.29, 1.82) is 0 Å². The van der Waals surface area contributed by atoms with Crippen molar-refractivity contribution in [3.8, 4) is 0 Å². The van der Waals surface area contributed by atoms with Crippen molar-refractivity contribution in [2.75, 3.05) is 6.54 Å². The molecule has 0 saturated heterocycles. The van der Waals surface area contributed by atoms with Gasteiger partial charge in [-0.15, -0.1) is 0 Å². The van der Waals surface area contributed by atoms with Gasteiger partial charge in [-0.1, -0.05) is 45.2 Å². The molecule has 1 aromatic rings. The smallest absolute Gasteiger partial charge is 0.231 e. The minimum absolute atomic E-state index is 0.210. The number of nitrogens with two attached hydrogens (primary N) is 1. The Morgan fingerprint density at radius 1 is 1.35 bits per heavy atom. The molecule has 3 atom stereocenters. The Balaban J connectivity index is 2.03. The first-order valence-electron chi connectivity index (χ1n) is 8.17. The van der Waals surface area contributed by atoms with Crippen LogP contribution in [0, 0.1) is 11.8 Å². The Bertz CT molecular complexity index is 402. The number of aromatic nitrogens is 2. The van der Waals surface area contributed by atoms with Gasteiger partial charge in [-0.2, -0.15) is 4.98 Å². The van der Waals surface area contributed by atoms with Crippen LogP contribution in [0.1, 0.15) is 82.8 Å². The Labute approximate surface area is 122 Å². The fraction of sp³-hybridized carbons (Fsp3) is 0.875. The van der Waals surface area contributed by atoms with Crippen LogP contribution < -0.4 is 5.73 Å². The molecular weight excluding hydrogens is 250 g/mol. The van der Waals surface area contributed by atoms with Crippen molar-refractivity contribution in [3.63, 3.8) is 0 Å². The molecule has 0 amide bonds. The molecule has 1 saturated carbocycles. The molecule has 1 heterocycles. The minimum Gasteiger partial charge on any atom is -0.339 e. The van der Waals surface area contributed by atoms with E-state index in [0.717, 1.165) is 24.1 Å². The SMILES string of the molecule is CCC1CCCC(c2noc(C(CN)CC(C)C)n2)C1. The van der Waals surface area contributed by atoms with E-state index in [1.165, 1.54) is 32.1 Å². The molecule has 2 rings (SSSR count). The maximum atomic E-state index is 5.86. The molecule has 1 aromatic heterocycles. The van der Waals surface area contributed by atoms with Crippen LogP contribution in [-0.4, -0.2) is 16.7 Å². The quantitative estimate of drug-likeness (QED) is 0.859. The topological polar surface area (TPSA) is 64.9 Å². The van der Waals surface area contributed by atoms with Gasteiger partial charge in [0.25, 0.3) is 0 Å². The fourth-order valence-corrected chi connectivity index (χ4v) is 3.34. The van der Waals surface area contributed by atoms with Crippen molar-refractivity contribution in [2.24, 2.45) is 17.6 Å². The van der Waals surface area contributed by atoms with Crippen molar-refractivity contribution >= 4 is 0 Å². The molecule has 4 nitrogen and oxygen atoms in total. The molecule has 0 bridgehead atoms. The number of nitrogens with zero attached hydrogens (tertiary/aromatic N) is 2. The minimum atomic E-state index is 0.210. The van der Waals surface area contributed by atoms with Crippen molar-refractivity contribution < 1.29 is 4.52 Å². The maximum Gasteiger partial charge on any atom is 0.231 e. The summed E-state index contributed by atoms with van der Waals surface area (Å²) in [7, 11) is 0. The molecular formula is C16H29N3O. The molecule has 1 aliphatic rings. The molecule has 0 aromatic carbocycles. The highest BCUT2D eigenvalue weighted by Crippen LogP contribution is 2.36. The lowest BCUT2D eigenvalue weighted by molar-refractivity contribution is 0.294. The molecule has 4 heteroatoms. The predicted octanol–water partition coefficient (Wildman–Crippen LogP) is 3.84. The highest BCUT2D eigenvalue weighted by molar-refractivity contribution is 5.01. The highest BCUT2D eigenvalue weighted by atomic mass is 16.5. The van der Waals surface area contributed by atoms with Crippen LogP contribution in [0.4, 0.5) is 0 Å². The molecule has 0 radical (unpaired) electrons. The van der Waals surface area contributed by atoms with Crippen LogP contribution in [0.15, 0.2) is 4.52 Å². The van der Waals surface area contributed by atoms with E-state index in [1.54, 1.807) is 0 Å². The van der Waals surface area contributed by atoms with Gasteiger partial charge in [0, 0.05) is 12.5 Å². The average molecular weight is 279 g/mol. The van der Waals surface area contributed by atoms with Gasteiger partial charge in [-0.3, -0.25) is 0 Å². The van der Waals surface area contributed by atoms with Gasteiger partial charge in [0.1, 0.15) is 0 Å². The van der Waals surface area contributed by atoms with Crippen LogP contribution in [0.25, 0.3) is 0 Å². The third-order valence-corrected chi connectivity index (χ3v) is 4.57. The summed E-state index contributed by atoms with van der Waals surface area (Å²) in [6, 6.07) is 0. The summed E-state index contributed by atoms with van der Waals surface area (Å²) >= 11 is 0. The number of rotatable bonds is 6. The molecule has 1 fully saturated rings. The van der Waals surface area contributed by atoms with Crippen LogP contribution in [0.3, 0.4) is 0 Å². The average Bonchev–Trinajstić information content (AvgIpc) is 2.94. The van der Waals surface area contributed by atoms with Crippen LogP contribution in [-0.2, 0) is 0 Å². The van der Waals surface area contributed by atoms with Gasteiger partial charge in [0.05, 0.1) is 5.92 Å². The van der Waals surface area contributed by atoms with E-state index in [4.69, 9.17) is 10.3 Å². The van der Waals surface area contributed by atoms with E-state index in [9.17, 15) is 0 Å². The van der Waals surface area contributed by atoms with Gasteiger partial charge in [-0.25, -0.2) is 0 Å².